The van der Waals surface area contributed by atoms with Crippen LogP contribution < -0.4 is 15.5 Å². The molecule has 1 aliphatic carbocycles. The van der Waals surface area contributed by atoms with E-state index in [2.05, 4.69) is 21.6 Å². The van der Waals surface area contributed by atoms with Crippen molar-refractivity contribution in [3.8, 4) is 0 Å². The molecule has 0 unspecified atom stereocenters. The largest absolute Gasteiger partial charge is 0.444 e. The molecule has 162 valence electrons. The Morgan fingerprint density at radius 3 is 2.57 bits per heavy atom. The Balaban J connectivity index is 1.56. The standard InChI is InChI=1S/C22H30N4O3S/c1-22(2,3)29-21(28)24-14-10-26(11-14)17-9-15(13-7-5-6-8-13)19-18(25-17)16(12-30-19)20(27)23-4/h9,12-14H,5-8,10-11H2,1-4H3,(H,23,27)(H,24,28). The summed E-state index contributed by atoms with van der Waals surface area (Å²) in [6.45, 7) is 6.93. The molecule has 2 aromatic heterocycles. The Hall–Kier alpha value is -2.35. The Labute approximate surface area is 181 Å². The van der Waals surface area contributed by atoms with Gasteiger partial charge in [0, 0.05) is 25.5 Å². The summed E-state index contributed by atoms with van der Waals surface area (Å²) in [4.78, 5) is 31.4. The van der Waals surface area contributed by atoms with E-state index < -0.39 is 5.60 Å². The number of carbonyl (C=O) groups excluding carboxylic acids is 2. The second-order valence-corrected chi connectivity index (χ2v) is 10.1. The third kappa shape index (κ3) is 4.24. The number of alkyl carbamates (subject to hydrolysis) is 1. The molecule has 0 atom stereocenters. The monoisotopic (exact) mass is 430 g/mol. The van der Waals surface area contributed by atoms with Gasteiger partial charge in [0.1, 0.15) is 11.4 Å². The average molecular weight is 431 g/mol. The van der Waals surface area contributed by atoms with E-state index >= 15 is 0 Å². The number of nitrogens with one attached hydrogen (secondary N) is 2. The maximum absolute atomic E-state index is 12.4. The van der Waals surface area contributed by atoms with E-state index in [1.165, 1.54) is 31.2 Å². The number of nitrogens with zero attached hydrogens (tertiary/aromatic N) is 2. The van der Waals surface area contributed by atoms with Crippen molar-refractivity contribution in [2.75, 3.05) is 25.0 Å². The smallest absolute Gasteiger partial charge is 0.407 e. The number of fused-ring (bicyclic) bond motifs is 1. The highest BCUT2D eigenvalue weighted by atomic mass is 32.1. The number of thiophene rings is 1. The van der Waals surface area contributed by atoms with Crippen molar-refractivity contribution >= 4 is 39.4 Å². The van der Waals surface area contributed by atoms with Gasteiger partial charge in [0.15, 0.2) is 0 Å². The number of hydrogen-bond acceptors (Lipinski definition) is 6. The van der Waals surface area contributed by atoms with Crippen LogP contribution in [0.25, 0.3) is 10.2 Å². The number of amides is 2. The topological polar surface area (TPSA) is 83.6 Å². The van der Waals surface area contributed by atoms with Gasteiger partial charge in [0.05, 0.1) is 21.8 Å². The third-order valence-corrected chi connectivity index (χ3v) is 6.75. The quantitative estimate of drug-likeness (QED) is 0.765. The van der Waals surface area contributed by atoms with E-state index in [1.807, 2.05) is 26.2 Å². The van der Waals surface area contributed by atoms with Crippen LogP contribution in [0, 0.1) is 0 Å². The minimum absolute atomic E-state index is 0.0353. The number of carbonyl (C=O) groups is 2. The van der Waals surface area contributed by atoms with Crippen molar-refractivity contribution < 1.29 is 14.3 Å². The summed E-state index contributed by atoms with van der Waals surface area (Å²) in [5.41, 5.74) is 2.24. The van der Waals surface area contributed by atoms with Gasteiger partial charge >= 0.3 is 6.09 Å². The summed E-state index contributed by atoms with van der Waals surface area (Å²) >= 11 is 1.62. The van der Waals surface area contributed by atoms with Gasteiger partial charge in [0.2, 0.25) is 0 Å². The van der Waals surface area contributed by atoms with Gasteiger partial charge in [-0.05, 0) is 51.2 Å². The van der Waals surface area contributed by atoms with E-state index in [0.29, 0.717) is 24.6 Å². The van der Waals surface area contributed by atoms with Gasteiger partial charge in [0.25, 0.3) is 5.91 Å². The number of hydrogen-bond donors (Lipinski definition) is 2. The third-order valence-electron chi connectivity index (χ3n) is 5.73. The van der Waals surface area contributed by atoms with E-state index in [1.54, 1.807) is 18.4 Å². The molecular weight excluding hydrogens is 400 g/mol. The lowest BCUT2D eigenvalue weighted by atomic mass is 9.97. The fourth-order valence-corrected chi connectivity index (χ4v) is 5.33. The predicted molar refractivity (Wildman–Crippen MR) is 120 cm³/mol. The van der Waals surface area contributed by atoms with Crippen LogP contribution in [-0.2, 0) is 4.74 Å². The van der Waals surface area contributed by atoms with Gasteiger partial charge in [-0.2, -0.15) is 0 Å². The molecule has 3 heterocycles. The van der Waals surface area contributed by atoms with E-state index in [-0.39, 0.29) is 18.0 Å². The Morgan fingerprint density at radius 2 is 1.93 bits per heavy atom. The van der Waals surface area contributed by atoms with Gasteiger partial charge < -0.3 is 20.3 Å². The van der Waals surface area contributed by atoms with Gasteiger partial charge in [-0.15, -0.1) is 11.3 Å². The molecule has 0 radical (unpaired) electrons. The van der Waals surface area contributed by atoms with Crippen LogP contribution in [0.4, 0.5) is 10.6 Å². The fourth-order valence-electron chi connectivity index (χ4n) is 4.25. The minimum Gasteiger partial charge on any atom is -0.444 e. The highest BCUT2D eigenvalue weighted by Gasteiger charge is 2.32. The molecule has 2 aliphatic rings. The lowest BCUT2D eigenvalue weighted by Crippen LogP contribution is -2.60. The van der Waals surface area contributed by atoms with E-state index in [0.717, 1.165) is 16.0 Å². The van der Waals surface area contributed by atoms with Crippen LogP contribution in [-0.4, -0.2) is 48.8 Å². The van der Waals surface area contributed by atoms with Crippen molar-refractivity contribution in [3.05, 3.63) is 22.6 Å². The molecule has 8 heteroatoms. The molecule has 2 fully saturated rings. The normalized spacial score (nSPS) is 17.8. The van der Waals surface area contributed by atoms with Crippen LogP contribution in [0.1, 0.15) is 68.3 Å². The Kier molecular flexibility index (Phi) is 5.61. The maximum Gasteiger partial charge on any atom is 0.407 e. The molecule has 7 nitrogen and oxygen atoms in total. The van der Waals surface area contributed by atoms with Crippen molar-refractivity contribution in [2.45, 2.75) is 64.0 Å². The zero-order valence-electron chi connectivity index (χ0n) is 18.1. The molecule has 2 N–H and O–H groups in total. The molecule has 1 saturated carbocycles. The van der Waals surface area contributed by atoms with Crippen LogP contribution in [0.15, 0.2) is 11.4 Å². The summed E-state index contributed by atoms with van der Waals surface area (Å²) < 4.78 is 6.48. The number of ether oxygens (including phenoxy) is 1. The second kappa shape index (κ2) is 8.06. The van der Waals surface area contributed by atoms with Crippen LogP contribution in [0.5, 0.6) is 0 Å². The summed E-state index contributed by atoms with van der Waals surface area (Å²) in [7, 11) is 1.65. The number of pyridine rings is 1. The number of aromatic nitrogens is 1. The van der Waals surface area contributed by atoms with Crippen molar-refractivity contribution in [2.24, 2.45) is 0 Å². The van der Waals surface area contributed by atoms with Crippen LogP contribution in [0.3, 0.4) is 0 Å². The van der Waals surface area contributed by atoms with E-state index in [4.69, 9.17) is 9.72 Å². The van der Waals surface area contributed by atoms with Crippen LogP contribution in [0.2, 0.25) is 0 Å². The summed E-state index contributed by atoms with van der Waals surface area (Å²) in [5, 5.41) is 7.56. The molecular formula is C22H30N4O3S. The minimum atomic E-state index is -0.508. The molecule has 1 aliphatic heterocycles. The molecule has 4 rings (SSSR count). The lowest BCUT2D eigenvalue weighted by Gasteiger charge is -2.40. The average Bonchev–Trinajstić information content (AvgIpc) is 3.31. The zero-order valence-corrected chi connectivity index (χ0v) is 18.9. The molecule has 1 saturated heterocycles. The molecule has 0 bridgehead atoms. The lowest BCUT2D eigenvalue weighted by molar-refractivity contribution is 0.0495. The van der Waals surface area contributed by atoms with Gasteiger partial charge in [-0.25, -0.2) is 9.78 Å². The first kappa shape index (κ1) is 20.9. The summed E-state index contributed by atoms with van der Waals surface area (Å²) in [5.74, 6) is 1.31. The van der Waals surface area contributed by atoms with E-state index in [9.17, 15) is 9.59 Å². The number of rotatable bonds is 4. The Bertz CT molecular complexity index is 953. The van der Waals surface area contributed by atoms with Crippen LogP contribution >= 0.6 is 11.3 Å². The molecule has 30 heavy (non-hydrogen) atoms. The SMILES string of the molecule is CNC(=O)c1csc2c(C3CCCC3)cc(N3CC(NC(=O)OC(C)(C)C)C3)nc12. The van der Waals surface area contributed by atoms with Crippen molar-refractivity contribution in [1.29, 1.82) is 0 Å². The second-order valence-electron chi connectivity index (χ2n) is 9.21. The van der Waals surface area contributed by atoms with Crippen molar-refractivity contribution in [1.82, 2.24) is 15.6 Å². The molecule has 0 spiro atoms. The molecule has 0 aromatic carbocycles. The summed E-state index contributed by atoms with van der Waals surface area (Å²) in [6, 6.07) is 2.24. The Morgan fingerprint density at radius 1 is 1.23 bits per heavy atom. The highest BCUT2D eigenvalue weighted by molar-refractivity contribution is 7.17. The maximum atomic E-state index is 12.4. The molecule has 2 amide bonds. The first-order valence-corrected chi connectivity index (χ1v) is 11.5. The zero-order chi connectivity index (χ0) is 21.5. The highest BCUT2D eigenvalue weighted by Crippen LogP contribution is 2.42. The first-order valence-electron chi connectivity index (χ1n) is 10.6. The van der Waals surface area contributed by atoms with Gasteiger partial charge in [-0.1, -0.05) is 12.8 Å². The van der Waals surface area contributed by atoms with Crippen molar-refractivity contribution in [3.63, 3.8) is 0 Å². The van der Waals surface area contributed by atoms with Gasteiger partial charge in [-0.3, -0.25) is 4.79 Å². The predicted octanol–water partition coefficient (Wildman–Crippen LogP) is 4.03. The number of anilines is 1. The summed E-state index contributed by atoms with van der Waals surface area (Å²) in [6.07, 6.45) is 4.50. The molecule has 2 aromatic rings. The first-order chi connectivity index (χ1) is 14.2. The fraction of sp³-hybridized carbons (Fsp3) is 0.591.